The van der Waals surface area contributed by atoms with E-state index in [1.807, 2.05) is 11.0 Å². The number of nitrogens with one attached hydrogen (secondary N) is 1. The maximum Gasteiger partial charge on any atom is 0.321 e. The second kappa shape index (κ2) is 6.63. The third-order valence-corrected chi connectivity index (χ3v) is 7.26. The molecule has 2 amide bonds. The molecule has 0 aromatic heterocycles. The lowest BCUT2D eigenvalue weighted by molar-refractivity contribution is -0.0607. The quantitative estimate of drug-likeness (QED) is 0.683. The highest BCUT2D eigenvalue weighted by atomic mass is 16.3. The molecule has 0 radical (unpaired) electrons. The second-order valence-corrected chi connectivity index (χ2v) is 8.76. The van der Waals surface area contributed by atoms with E-state index in [0.717, 1.165) is 44.3 Å². The maximum atomic E-state index is 12.9. The third kappa shape index (κ3) is 2.82. The van der Waals surface area contributed by atoms with Gasteiger partial charge >= 0.3 is 6.03 Å². The van der Waals surface area contributed by atoms with Gasteiger partial charge in [-0.2, -0.15) is 0 Å². The summed E-state index contributed by atoms with van der Waals surface area (Å²) in [4.78, 5) is 14.8. The molecule has 2 N–H and O–H groups in total. The molecular formula is C24H28N2O2. The Kier molecular flexibility index (Phi) is 4.20. The summed E-state index contributed by atoms with van der Waals surface area (Å²) in [6, 6.07) is 14.7. The number of urea groups is 1. The molecule has 5 rings (SSSR count). The predicted molar refractivity (Wildman–Crippen MR) is 111 cm³/mol. The fourth-order valence-corrected chi connectivity index (χ4v) is 5.66. The highest BCUT2D eigenvalue weighted by Crippen LogP contribution is 2.44. The first-order chi connectivity index (χ1) is 13.6. The number of likely N-dealkylation sites (tertiary alicyclic amines) is 1. The topological polar surface area (TPSA) is 52.6 Å². The van der Waals surface area contributed by atoms with E-state index < -0.39 is 5.60 Å². The number of amides is 2. The number of anilines is 1. The fraction of sp³-hybridized carbons (Fsp3) is 0.458. The number of hydrogen-bond donors (Lipinski definition) is 2. The van der Waals surface area contributed by atoms with Gasteiger partial charge in [0.05, 0.1) is 5.60 Å². The van der Waals surface area contributed by atoms with Crippen LogP contribution in [0.4, 0.5) is 10.5 Å². The number of hydrogen-bond acceptors (Lipinski definition) is 2. The Morgan fingerprint density at radius 3 is 2.86 bits per heavy atom. The number of rotatable bonds is 2. The van der Waals surface area contributed by atoms with Gasteiger partial charge < -0.3 is 15.3 Å². The maximum absolute atomic E-state index is 12.9. The molecule has 3 atom stereocenters. The Bertz CT molecular complexity index is 925. The molecule has 28 heavy (non-hydrogen) atoms. The standard InChI is InChI=1S/C24H28N2O2/c1-2-24(28)11-5-7-17-14-26(15-22(17)24)23(27)25-19-9-10-21-18(13-19)12-16-6-3-4-8-20(16)21/h3-4,6,8-10,13,17,22,28H,2,5,7,11-12,14-15H2,1H3,(H,25,27)/t17-,22+,24-/m1/s1. The molecule has 0 bridgehead atoms. The van der Waals surface area contributed by atoms with Crippen molar-refractivity contribution in [3.05, 3.63) is 53.6 Å². The first-order valence-electron chi connectivity index (χ1n) is 10.6. The molecule has 1 saturated carbocycles. The summed E-state index contributed by atoms with van der Waals surface area (Å²) in [5.74, 6) is 0.644. The Morgan fingerprint density at radius 2 is 2.00 bits per heavy atom. The summed E-state index contributed by atoms with van der Waals surface area (Å²) in [6.07, 6.45) is 4.74. The van der Waals surface area contributed by atoms with Gasteiger partial charge in [0.2, 0.25) is 0 Å². The smallest absolute Gasteiger partial charge is 0.321 e. The van der Waals surface area contributed by atoms with Gasteiger partial charge in [-0.3, -0.25) is 0 Å². The monoisotopic (exact) mass is 376 g/mol. The highest BCUT2D eigenvalue weighted by molar-refractivity contribution is 5.91. The molecule has 0 spiro atoms. The van der Waals surface area contributed by atoms with Crippen LogP contribution in [0.1, 0.15) is 43.7 Å². The summed E-state index contributed by atoms with van der Waals surface area (Å²) in [5.41, 5.74) is 5.46. The normalized spacial score (nSPS) is 27.9. The van der Waals surface area contributed by atoms with Crippen LogP contribution in [0.3, 0.4) is 0 Å². The first-order valence-corrected chi connectivity index (χ1v) is 10.6. The number of fused-ring (bicyclic) bond motifs is 4. The van der Waals surface area contributed by atoms with Crippen LogP contribution < -0.4 is 5.32 Å². The summed E-state index contributed by atoms with van der Waals surface area (Å²) in [6.45, 7) is 3.49. The van der Waals surface area contributed by atoms with E-state index >= 15 is 0 Å². The van der Waals surface area contributed by atoms with Crippen molar-refractivity contribution in [2.24, 2.45) is 11.8 Å². The van der Waals surface area contributed by atoms with Crippen molar-refractivity contribution >= 4 is 11.7 Å². The van der Waals surface area contributed by atoms with Crippen LogP contribution in [-0.2, 0) is 6.42 Å². The van der Waals surface area contributed by atoms with Crippen molar-refractivity contribution < 1.29 is 9.90 Å². The largest absolute Gasteiger partial charge is 0.390 e. The summed E-state index contributed by atoms with van der Waals surface area (Å²) in [5, 5.41) is 14.1. The van der Waals surface area contributed by atoms with Crippen molar-refractivity contribution in [2.45, 2.75) is 44.6 Å². The zero-order chi connectivity index (χ0) is 19.3. The Morgan fingerprint density at radius 1 is 1.18 bits per heavy atom. The average molecular weight is 377 g/mol. The van der Waals surface area contributed by atoms with Gasteiger partial charge in [0.1, 0.15) is 0 Å². The lowest BCUT2D eigenvalue weighted by Gasteiger charge is -2.40. The van der Waals surface area contributed by atoms with E-state index in [-0.39, 0.29) is 11.9 Å². The van der Waals surface area contributed by atoms with E-state index in [1.54, 1.807) is 0 Å². The zero-order valence-corrected chi connectivity index (χ0v) is 16.4. The van der Waals surface area contributed by atoms with Gasteiger partial charge in [0.25, 0.3) is 0 Å². The van der Waals surface area contributed by atoms with Gasteiger partial charge in [0.15, 0.2) is 0 Å². The van der Waals surface area contributed by atoms with Gasteiger partial charge in [-0.05, 0) is 66.0 Å². The van der Waals surface area contributed by atoms with E-state index in [0.29, 0.717) is 12.5 Å². The Hall–Kier alpha value is -2.33. The number of nitrogens with zero attached hydrogens (tertiary/aromatic N) is 1. The van der Waals surface area contributed by atoms with Gasteiger partial charge in [0, 0.05) is 24.7 Å². The van der Waals surface area contributed by atoms with Gasteiger partial charge in [-0.1, -0.05) is 43.7 Å². The van der Waals surface area contributed by atoms with Crippen molar-refractivity contribution in [1.82, 2.24) is 4.90 Å². The van der Waals surface area contributed by atoms with Crippen LogP contribution in [0, 0.1) is 11.8 Å². The van der Waals surface area contributed by atoms with Crippen molar-refractivity contribution in [1.29, 1.82) is 0 Å². The summed E-state index contributed by atoms with van der Waals surface area (Å²) in [7, 11) is 0. The van der Waals surface area contributed by atoms with Gasteiger partial charge in [-0.15, -0.1) is 0 Å². The lowest BCUT2D eigenvalue weighted by Crippen LogP contribution is -2.44. The highest BCUT2D eigenvalue weighted by Gasteiger charge is 2.48. The first kappa shape index (κ1) is 17.7. The van der Waals surface area contributed by atoms with Gasteiger partial charge in [-0.25, -0.2) is 4.79 Å². The number of carbonyl (C=O) groups is 1. The number of benzene rings is 2. The van der Waals surface area contributed by atoms with Crippen molar-refractivity contribution in [3.8, 4) is 11.1 Å². The van der Waals surface area contributed by atoms with Crippen molar-refractivity contribution in [3.63, 3.8) is 0 Å². The molecule has 1 heterocycles. The van der Waals surface area contributed by atoms with Crippen LogP contribution in [-0.4, -0.2) is 34.7 Å². The second-order valence-electron chi connectivity index (χ2n) is 8.76. The fourth-order valence-electron chi connectivity index (χ4n) is 5.66. The van der Waals surface area contributed by atoms with E-state index in [1.165, 1.54) is 22.3 Å². The van der Waals surface area contributed by atoms with Crippen molar-refractivity contribution in [2.75, 3.05) is 18.4 Å². The molecule has 2 fully saturated rings. The molecule has 2 aromatic rings. The Balaban J connectivity index is 1.30. The van der Waals surface area contributed by atoms with Crippen LogP contribution in [0.2, 0.25) is 0 Å². The number of aliphatic hydroxyl groups is 1. The predicted octanol–water partition coefficient (Wildman–Crippen LogP) is 4.66. The minimum absolute atomic E-state index is 0.0386. The molecule has 4 nitrogen and oxygen atoms in total. The lowest BCUT2D eigenvalue weighted by atomic mass is 9.69. The van der Waals surface area contributed by atoms with Crippen LogP contribution >= 0.6 is 0 Å². The SMILES string of the molecule is CC[C@@]1(O)CCC[C@@H]2CN(C(=O)Nc3ccc4c(c3)Cc3ccccc3-4)C[C@@H]21. The molecule has 4 heteroatoms. The number of carbonyl (C=O) groups excluding carboxylic acids is 1. The molecule has 0 unspecified atom stereocenters. The van der Waals surface area contributed by atoms with Crippen LogP contribution in [0.15, 0.2) is 42.5 Å². The van der Waals surface area contributed by atoms with Crippen LogP contribution in [0.5, 0.6) is 0 Å². The molecule has 2 aromatic carbocycles. The van der Waals surface area contributed by atoms with E-state index in [4.69, 9.17) is 0 Å². The Labute approximate surface area is 166 Å². The average Bonchev–Trinajstić information content (AvgIpc) is 3.30. The molecule has 2 aliphatic carbocycles. The van der Waals surface area contributed by atoms with E-state index in [2.05, 4.69) is 48.6 Å². The molecule has 3 aliphatic rings. The third-order valence-electron chi connectivity index (χ3n) is 7.26. The molecule has 146 valence electrons. The summed E-state index contributed by atoms with van der Waals surface area (Å²) >= 11 is 0. The van der Waals surface area contributed by atoms with Crippen LogP contribution in [0.25, 0.3) is 11.1 Å². The molecule has 1 aliphatic heterocycles. The minimum atomic E-state index is -0.600. The molecular weight excluding hydrogens is 348 g/mol. The molecule has 1 saturated heterocycles. The van der Waals surface area contributed by atoms with E-state index in [9.17, 15) is 9.90 Å². The summed E-state index contributed by atoms with van der Waals surface area (Å²) < 4.78 is 0. The minimum Gasteiger partial charge on any atom is -0.390 e. The zero-order valence-electron chi connectivity index (χ0n) is 16.4.